The molecular formula is C33H49N3O4. The number of carbonyl (C=O) groups is 3. The van der Waals surface area contributed by atoms with Gasteiger partial charge in [0.25, 0.3) is 5.91 Å². The van der Waals surface area contributed by atoms with Gasteiger partial charge in [-0.25, -0.2) is 4.79 Å². The van der Waals surface area contributed by atoms with Crippen molar-refractivity contribution in [3.8, 4) is 0 Å². The normalized spacial score (nSPS) is 13.0. The lowest BCUT2D eigenvalue weighted by molar-refractivity contribution is -0.141. The molecule has 0 saturated heterocycles. The molecule has 0 bridgehead atoms. The van der Waals surface area contributed by atoms with Crippen molar-refractivity contribution in [3.63, 3.8) is 0 Å². The zero-order chi connectivity index (χ0) is 30.2. The van der Waals surface area contributed by atoms with Crippen LogP contribution in [0.25, 0.3) is 0 Å². The lowest BCUT2D eigenvalue weighted by atomic mass is 9.96. The van der Waals surface area contributed by atoms with Gasteiger partial charge in [0.2, 0.25) is 5.91 Å². The third-order valence-corrected chi connectivity index (χ3v) is 6.87. The summed E-state index contributed by atoms with van der Waals surface area (Å²) in [6, 6.07) is 10.0. The van der Waals surface area contributed by atoms with Gasteiger partial charge < -0.3 is 20.3 Å². The molecule has 0 aromatic heterocycles. The molecule has 220 valence electrons. The highest BCUT2D eigenvalue weighted by Crippen LogP contribution is 2.29. The van der Waals surface area contributed by atoms with E-state index < -0.39 is 23.8 Å². The smallest absolute Gasteiger partial charge is 0.408 e. The fourth-order valence-corrected chi connectivity index (χ4v) is 4.65. The minimum atomic E-state index is -0.882. The van der Waals surface area contributed by atoms with E-state index in [1.807, 2.05) is 77.9 Å². The molecule has 0 spiro atoms. The van der Waals surface area contributed by atoms with E-state index in [1.165, 1.54) is 0 Å². The summed E-state index contributed by atoms with van der Waals surface area (Å²) in [7, 11) is 0. The Kier molecular flexibility index (Phi) is 11.8. The maximum atomic E-state index is 14.3. The van der Waals surface area contributed by atoms with Crippen LogP contribution < -0.4 is 10.6 Å². The van der Waals surface area contributed by atoms with Crippen LogP contribution in [-0.4, -0.2) is 41.0 Å². The summed E-state index contributed by atoms with van der Waals surface area (Å²) in [6.45, 7) is 19.7. The van der Waals surface area contributed by atoms with E-state index in [9.17, 15) is 14.4 Å². The van der Waals surface area contributed by atoms with Crippen LogP contribution in [0.2, 0.25) is 0 Å². The second-order valence-corrected chi connectivity index (χ2v) is 12.2. The van der Waals surface area contributed by atoms with Crippen LogP contribution in [0.15, 0.2) is 36.4 Å². The van der Waals surface area contributed by atoms with Crippen molar-refractivity contribution < 1.29 is 19.1 Å². The molecule has 0 aliphatic heterocycles. The Morgan fingerprint density at radius 1 is 0.925 bits per heavy atom. The average molecular weight is 552 g/mol. The van der Waals surface area contributed by atoms with Gasteiger partial charge in [-0.1, -0.05) is 63.6 Å². The Morgan fingerprint density at radius 2 is 1.55 bits per heavy atom. The highest BCUT2D eigenvalue weighted by molar-refractivity contribution is 6.00. The number of carbonyl (C=O) groups excluding carboxylic acids is 3. The second-order valence-electron chi connectivity index (χ2n) is 12.2. The van der Waals surface area contributed by atoms with Crippen LogP contribution in [0.5, 0.6) is 0 Å². The van der Waals surface area contributed by atoms with Crippen molar-refractivity contribution in [1.82, 2.24) is 10.2 Å². The zero-order valence-corrected chi connectivity index (χ0v) is 26.1. The number of hydrogen-bond donors (Lipinski definition) is 2. The molecule has 0 fully saturated rings. The number of nitrogens with one attached hydrogen (secondary N) is 2. The monoisotopic (exact) mass is 551 g/mol. The van der Waals surface area contributed by atoms with E-state index in [2.05, 4.69) is 17.6 Å². The number of aryl methyl sites for hydroxylation is 4. The molecule has 0 aliphatic rings. The Labute approximate surface area is 241 Å². The third kappa shape index (κ3) is 9.39. The van der Waals surface area contributed by atoms with E-state index in [0.29, 0.717) is 19.4 Å². The van der Waals surface area contributed by atoms with Gasteiger partial charge >= 0.3 is 6.09 Å². The Bertz CT molecular complexity index is 1160. The number of para-hydroxylation sites is 1. The average Bonchev–Trinajstić information content (AvgIpc) is 2.83. The molecule has 7 heteroatoms. The van der Waals surface area contributed by atoms with E-state index in [-0.39, 0.29) is 17.7 Å². The summed E-state index contributed by atoms with van der Waals surface area (Å²) in [4.78, 5) is 42.9. The SMILES string of the molecule is CCCCN(C(=O)C(CC(C)C)NC(=O)OC(C)(C)C)C(C(=O)Nc1c(C)cccc1C)c1ccc(C)c(C)c1. The van der Waals surface area contributed by atoms with Gasteiger partial charge in [0, 0.05) is 12.2 Å². The van der Waals surface area contributed by atoms with Gasteiger partial charge in [-0.3, -0.25) is 9.59 Å². The Balaban J connectivity index is 2.61. The van der Waals surface area contributed by atoms with Gasteiger partial charge in [0.15, 0.2) is 0 Å². The molecule has 40 heavy (non-hydrogen) atoms. The van der Waals surface area contributed by atoms with Crippen LogP contribution in [0.3, 0.4) is 0 Å². The first-order valence-electron chi connectivity index (χ1n) is 14.4. The number of anilines is 1. The number of amides is 3. The third-order valence-electron chi connectivity index (χ3n) is 6.87. The number of rotatable bonds is 11. The van der Waals surface area contributed by atoms with Crippen molar-refractivity contribution in [2.24, 2.45) is 5.92 Å². The minimum absolute atomic E-state index is 0.125. The number of nitrogens with zero attached hydrogens (tertiary/aromatic N) is 1. The van der Waals surface area contributed by atoms with Crippen molar-refractivity contribution in [1.29, 1.82) is 0 Å². The number of alkyl carbamates (subject to hydrolysis) is 1. The summed E-state index contributed by atoms with van der Waals surface area (Å²) in [5.74, 6) is -0.459. The largest absolute Gasteiger partial charge is 0.444 e. The maximum absolute atomic E-state index is 14.3. The first-order chi connectivity index (χ1) is 18.6. The van der Waals surface area contributed by atoms with E-state index in [4.69, 9.17) is 4.74 Å². The predicted octanol–water partition coefficient (Wildman–Crippen LogP) is 7.17. The van der Waals surface area contributed by atoms with Crippen LogP contribution in [0.1, 0.15) is 94.7 Å². The molecule has 7 nitrogen and oxygen atoms in total. The van der Waals surface area contributed by atoms with E-state index >= 15 is 0 Å². The summed E-state index contributed by atoms with van der Waals surface area (Å²) in [6.07, 6.45) is 1.32. The van der Waals surface area contributed by atoms with Crippen LogP contribution in [0.4, 0.5) is 10.5 Å². The van der Waals surface area contributed by atoms with Gasteiger partial charge in [-0.2, -0.15) is 0 Å². The number of hydrogen-bond acceptors (Lipinski definition) is 4. The first kappa shape index (κ1) is 32.9. The first-order valence-corrected chi connectivity index (χ1v) is 14.4. The number of ether oxygens (including phenoxy) is 1. The fourth-order valence-electron chi connectivity index (χ4n) is 4.65. The van der Waals surface area contributed by atoms with E-state index in [0.717, 1.165) is 39.9 Å². The molecule has 0 saturated carbocycles. The maximum Gasteiger partial charge on any atom is 0.408 e. The molecule has 0 heterocycles. The molecule has 2 aromatic carbocycles. The molecule has 2 rings (SSSR count). The Hall–Kier alpha value is -3.35. The quantitative estimate of drug-likeness (QED) is 0.310. The van der Waals surface area contributed by atoms with Crippen molar-refractivity contribution in [2.75, 3.05) is 11.9 Å². The Morgan fingerprint density at radius 3 is 2.08 bits per heavy atom. The van der Waals surface area contributed by atoms with Gasteiger partial charge in [0.1, 0.15) is 17.7 Å². The molecule has 3 amide bonds. The molecular weight excluding hydrogens is 502 g/mol. The topological polar surface area (TPSA) is 87.7 Å². The number of unbranched alkanes of at least 4 members (excludes halogenated alkanes) is 1. The van der Waals surface area contributed by atoms with Crippen LogP contribution in [-0.2, 0) is 14.3 Å². The summed E-state index contributed by atoms with van der Waals surface area (Å²) in [5, 5.41) is 5.94. The fraction of sp³-hybridized carbons (Fsp3) is 0.545. The van der Waals surface area contributed by atoms with E-state index in [1.54, 1.807) is 25.7 Å². The zero-order valence-electron chi connectivity index (χ0n) is 26.1. The van der Waals surface area contributed by atoms with Crippen molar-refractivity contribution >= 4 is 23.6 Å². The summed E-state index contributed by atoms with van der Waals surface area (Å²) >= 11 is 0. The van der Waals surface area contributed by atoms with Crippen LogP contribution in [0, 0.1) is 33.6 Å². The number of benzene rings is 2. The lowest BCUT2D eigenvalue weighted by Gasteiger charge is -2.35. The second kappa shape index (κ2) is 14.3. The summed E-state index contributed by atoms with van der Waals surface area (Å²) in [5.41, 5.74) is 4.81. The highest BCUT2D eigenvalue weighted by Gasteiger charge is 2.36. The van der Waals surface area contributed by atoms with Gasteiger partial charge in [0.05, 0.1) is 0 Å². The minimum Gasteiger partial charge on any atom is -0.444 e. The van der Waals surface area contributed by atoms with Crippen molar-refractivity contribution in [2.45, 2.75) is 106 Å². The lowest BCUT2D eigenvalue weighted by Crippen LogP contribution is -2.53. The molecule has 2 aromatic rings. The van der Waals surface area contributed by atoms with Crippen LogP contribution >= 0.6 is 0 Å². The predicted molar refractivity (Wildman–Crippen MR) is 162 cm³/mol. The molecule has 2 unspecified atom stereocenters. The molecule has 0 aliphatic carbocycles. The highest BCUT2D eigenvalue weighted by atomic mass is 16.6. The molecule has 2 N–H and O–H groups in total. The summed E-state index contributed by atoms with van der Waals surface area (Å²) < 4.78 is 5.49. The molecule has 2 atom stereocenters. The standard InChI is InChI=1S/C33H49N3O4/c1-11-12-18-36(31(38)27(19-21(2)3)34-32(39)40-33(8,9)10)29(26-17-16-22(4)25(7)20-26)30(37)35-28-23(5)14-13-15-24(28)6/h13-17,20-21,27,29H,11-12,18-19H2,1-10H3,(H,34,39)(H,35,37). The molecule has 0 radical (unpaired) electrons. The van der Waals surface area contributed by atoms with Gasteiger partial charge in [-0.05, 0) is 95.0 Å². The van der Waals surface area contributed by atoms with Crippen molar-refractivity contribution in [3.05, 3.63) is 64.2 Å². The van der Waals surface area contributed by atoms with Gasteiger partial charge in [-0.15, -0.1) is 0 Å².